The molecule has 144 valence electrons. The van der Waals surface area contributed by atoms with Gasteiger partial charge in [0.25, 0.3) is 5.69 Å². The van der Waals surface area contributed by atoms with Crippen LogP contribution in [-0.4, -0.2) is 16.7 Å². The number of allylic oxidation sites excluding steroid dienone is 4. The van der Waals surface area contributed by atoms with Crippen molar-refractivity contribution in [3.8, 4) is 0 Å². The van der Waals surface area contributed by atoms with Gasteiger partial charge in [0.15, 0.2) is 0 Å². The Balaban J connectivity index is 1.52. The number of nitro groups is 1. The molecule has 1 saturated heterocycles. The minimum Gasteiger partial charge on any atom is -0.274 e. The molecule has 0 spiro atoms. The minimum absolute atomic E-state index is 0.00756. The number of amides is 2. The predicted octanol–water partition coefficient (Wildman–Crippen LogP) is 4.43. The van der Waals surface area contributed by atoms with E-state index in [2.05, 4.69) is 12.2 Å². The fourth-order valence-electron chi connectivity index (χ4n) is 5.54. The SMILES string of the molecule is O=C1[C@@H]2[C@@H](C(=O)N1c1ccc(Cl)c([N+](=O)[O-])c1)[C@H]1C=C[C@@H]2C1=C1CCCCC1. The van der Waals surface area contributed by atoms with E-state index in [1.807, 2.05) is 0 Å². The monoisotopic (exact) mass is 398 g/mol. The van der Waals surface area contributed by atoms with Gasteiger partial charge in [-0.2, -0.15) is 0 Å². The summed E-state index contributed by atoms with van der Waals surface area (Å²) in [5.74, 6) is -1.29. The van der Waals surface area contributed by atoms with E-state index in [-0.39, 0.29) is 51.9 Å². The third-order valence-corrected chi connectivity index (χ3v) is 6.99. The van der Waals surface area contributed by atoms with Crippen molar-refractivity contribution in [2.24, 2.45) is 23.7 Å². The fraction of sp³-hybridized carbons (Fsp3) is 0.429. The van der Waals surface area contributed by atoms with Crippen molar-refractivity contribution >= 4 is 34.8 Å². The van der Waals surface area contributed by atoms with Gasteiger partial charge in [-0.25, -0.2) is 4.90 Å². The Labute approximate surface area is 167 Å². The highest BCUT2D eigenvalue weighted by Gasteiger charge is 2.62. The molecule has 1 heterocycles. The highest BCUT2D eigenvalue weighted by molar-refractivity contribution is 6.33. The normalized spacial score (nSPS) is 31.1. The zero-order chi connectivity index (χ0) is 19.6. The maximum atomic E-state index is 13.2. The maximum absolute atomic E-state index is 13.2. The van der Waals surface area contributed by atoms with Gasteiger partial charge in [0.2, 0.25) is 11.8 Å². The average Bonchev–Trinajstić information content (AvgIpc) is 3.33. The van der Waals surface area contributed by atoms with Gasteiger partial charge in [0.1, 0.15) is 5.02 Å². The molecule has 6 nitrogen and oxygen atoms in total. The molecule has 1 aromatic rings. The van der Waals surface area contributed by atoms with E-state index >= 15 is 0 Å². The van der Waals surface area contributed by atoms with Crippen LogP contribution in [0.3, 0.4) is 0 Å². The fourth-order valence-corrected chi connectivity index (χ4v) is 5.72. The summed E-state index contributed by atoms with van der Waals surface area (Å²) in [6, 6.07) is 4.09. The van der Waals surface area contributed by atoms with E-state index in [0.29, 0.717) is 0 Å². The highest BCUT2D eigenvalue weighted by atomic mass is 35.5. The van der Waals surface area contributed by atoms with Crippen molar-refractivity contribution in [3.63, 3.8) is 0 Å². The first-order valence-electron chi connectivity index (χ1n) is 9.71. The number of rotatable bonds is 2. The quantitative estimate of drug-likeness (QED) is 0.319. The number of imide groups is 1. The molecule has 5 rings (SSSR count). The van der Waals surface area contributed by atoms with Crippen LogP contribution < -0.4 is 4.90 Å². The molecule has 0 radical (unpaired) electrons. The smallest absolute Gasteiger partial charge is 0.274 e. The van der Waals surface area contributed by atoms with Gasteiger partial charge < -0.3 is 0 Å². The van der Waals surface area contributed by atoms with Crippen molar-refractivity contribution in [2.75, 3.05) is 4.90 Å². The van der Waals surface area contributed by atoms with Gasteiger partial charge >= 0.3 is 0 Å². The largest absolute Gasteiger partial charge is 0.289 e. The molecule has 2 amide bonds. The third kappa shape index (κ3) is 2.33. The van der Waals surface area contributed by atoms with Gasteiger partial charge in [-0.3, -0.25) is 19.7 Å². The Bertz CT molecular complexity index is 941. The summed E-state index contributed by atoms with van der Waals surface area (Å²) in [6.45, 7) is 0. The molecule has 1 aromatic carbocycles. The molecule has 3 fully saturated rings. The van der Waals surface area contributed by atoms with Gasteiger partial charge in [0.05, 0.1) is 22.4 Å². The molecule has 28 heavy (non-hydrogen) atoms. The molecule has 2 saturated carbocycles. The van der Waals surface area contributed by atoms with Crippen molar-refractivity contribution in [3.05, 3.63) is 56.6 Å². The summed E-state index contributed by atoms with van der Waals surface area (Å²) in [5.41, 5.74) is 2.67. The second-order valence-corrected chi connectivity index (χ2v) is 8.42. The summed E-state index contributed by atoms with van der Waals surface area (Å²) >= 11 is 5.88. The van der Waals surface area contributed by atoms with E-state index < -0.39 is 4.92 Å². The molecule has 7 heteroatoms. The Hall–Kier alpha value is -2.47. The molecule has 4 atom stereocenters. The highest BCUT2D eigenvalue weighted by Crippen LogP contribution is 2.58. The molecule has 0 unspecified atom stereocenters. The molecule has 1 aliphatic heterocycles. The third-order valence-electron chi connectivity index (χ3n) is 6.67. The number of nitrogens with zero attached hydrogens (tertiary/aromatic N) is 2. The Morgan fingerprint density at radius 2 is 1.61 bits per heavy atom. The number of anilines is 1. The lowest BCUT2D eigenvalue weighted by Gasteiger charge is -2.23. The van der Waals surface area contributed by atoms with Crippen LogP contribution in [0.15, 0.2) is 41.5 Å². The van der Waals surface area contributed by atoms with Crippen LogP contribution in [0.2, 0.25) is 5.02 Å². The Morgan fingerprint density at radius 1 is 1.00 bits per heavy atom. The molecule has 0 N–H and O–H groups in total. The Morgan fingerprint density at radius 3 is 2.18 bits per heavy atom. The van der Waals surface area contributed by atoms with E-state index in [1.54, 1.807) is 0 Å². The van der Waals surface area contributed by atoms with E-state index in [1.165, 1.54) is 48.6 Å². The first kappa shape index (κ1) is 17.6. The molecule has 0 aromatic heterocycles. The maximum Gasteiger partial charge on any atom is 0.289 e. The molecule has 4 aliphatic rings. The average molecular weight is 399 g/mol. The van der Waals surface area contributed by atoms with Crippen molar-refractivity contribution in [1.29, 1.82) is 0 Å². The van der Waals surface area contributed by atoms with Gasteiger partial charge in [-0.1, -0.05) is 41.3 Å². The Kier molecular flexibility index (Phi) is 3.95. The van der Waals surface area contributed by atoms with Crippen molar-refractivity contribution in [2.45, 2.75) is 32.1 Å². The standard InChI is InChI=1S/C21H19ClN2O4/c22-15-9-6-12(10-16(15)24(27)28)23-20(25)18-13-7-8-14(19(18)21(23)26)17(13)11-4-2-1-3-5-11/h6-10,13-14,18-19H,1-5H2/t13-,14+,18-,19-/m0/s1. The van der Waals surface area contributed by atoms with Crippen LogP contribution >= 0.6 is 11.6 Å². The van der Waals surface area contributed by atoms with Crippen LogP contribution in [0.25, 0.3) is 0 Å². The lowest BCUT2D eigenvalue weighted by atomic mass is 9.85. The second kappa shape index (κ2) is 6.27. The minimum atomic E-state index is -0.603. The second-order valence-electron chi connectivity index (χ2n) is 8.01. The van der Waals surface area contributed by atoms with E-state index in [4.69, 9.17) is 11.6 Å². The predicted molar refractivity (Wildman–Crippen MR) is 104 cm³/mol. The van der Waals surface area contributed by atoms with Crippen LogP contribution in [0.1, 0.15) is 32.1 Å². The van der Waals surface area contributed by atoms with Crippen molar-refractivity contribution in [1.82, 2.24) is 0 Å². The molecular formula is C21H19ClN2O4. The zero-order valence-electron chi connectivity index (χ0n) is 15.1. The number of carbonyl (C=O) groups excluding carboxylic acids is 2. The van der Waals surface area contributed by atoms with E-state index in [9.17, 15) is 19.7 Å². The van der Waals surface area contributed by atoms with Crippen LogP contribution in [0.4, 0.5) is 11.4 Å². The van der Waals surface area contributed by atoms with Gasteiger partial charge in [-0.05, 0) is 37.8 Å². The van der Waals surface area contributed by atoms with Crippen LogP contribution in [-0.2, 0) is 9.59 Å². The summed E-state index contributed by atoms with van der Waals surface area (Å²) in [6.07, 6.45) is 9.90. The first-order valence-corrected chi connectivity index (χ1v) is 10.1. The van der Waals surface area contributed by atoms with Crippen molar-refractivity contribution < 1.29 is 14.5 Å². The number of halogens is 1. The summed E-state index contributed by atoms with van der Waals surface area (Å²) < 4.78 is 0. The number of hydrogen-bond donors (Lipinski definition) is 0. The molecule has 2 bridgehead atoms. The number of fused-ring (bicyclic) bond motifs is 5. The van der Waals surface area contributed by atoms with Gasteiger partial charge in [-0.15, -0.1) is 0 Å². The van der Waals surface area contributed by atoms with Gasteiger partial charge in [0, 0.05) is 17.9 Å². The van der Waals surface area contributed by atoms with Crippen LogP contribution in [0, 0.1) is 33.8 Å². The summed E-state index contributed by atoms with van der Waals surface area (Å²) in [7, 11) is 0. The summed E-state index contributed by atoms with van der Waals surface area (Å²) in [4.78, 5) is 38.2. The summed E-state index contributed by atoms with van der Waals surface area (Å²) in [5, 5.41) is 11.2. The number of nitro benzene ring substituents is 1. The molecule has 3 aliphatic carbocycles. The van der Waals surface area contributed by atoms with Crippen LogP contribution in [0.5, 0.6) is 0 Å². The number of carbonyl (C=O) groups is 2. The first-order chi connectivity index (χ1) is 13.5. The topological polar surface area (TPSA) is 80.5 Å². The lowest BCUT2D eigenvalue weighted by molar-refractivity contribution is -0.384. The number of benzene rings is 1. The lowest BCUT2D eigenvalue weighted by Crippen LogP contribution is -2.33. The zero-order valence-corrected chi connectivity index (χ0v) is 15.9. The van der Waals surface area contributed by atoms with E-state index in [0.717, 1.165) is 17.7 Å². The number of hydrogen-bond acceptors (Lipinski definition) is 4. The molecular weight excluding hydrogens is 380 g/mol.